The van der Waals surface area contributed by atoms with Crippen molar-refractivity contribution in [2.45, 2.75) is 6.92 Å². The Balaban J connectivity index is 1.86. The number of nitriles is 1. The van der Waals surface area contributed by atoms with E-state index in [4.69, 9.17) is 23.2 Å². The van der Waals surface area contributed by atoms with Gasteiger partial charge in [0.2, 0.25) is 0 Å². The molecule has 0 fully saturated rings. The Morgan fingerprint density at radius 3 is 2.80 bits per heavy atom. The van der Waals surface area contributed by atoms with Crippen molar-refractivity contribution < 1.29 is 0 Å². The molecule has 0 unspecified atom stereocenters. The van der Waals surface area contributed by atoms with Crippen LogP contribution in [-0.2, 0) is 0 Å². The van der Waals surface area contributed by atoms with Gasteiger partial charge in [0.1, 0.15) is 16.6 Å². The Hall–Kier alpha value is -2.32. The van der Waals surface area contributed by atoms with Crippen LogP contribution < -0.4 is 5.32 Å². The summed E-state index contributed by atoms with van der Waals surface area (Å²) in [4.78, 5) is 4.53. The van der Waals surface area contributed by atoms with Crippen LogP contribution in [0.15, 0.2) is 54.0 Å². The summed E-state index contributed by atoms with van der Waals surface area (Å²) in [6.45, 7) is 2.02. The minimum atomic E-state index is 0.461. The highest BCUT2D eigenvalue weighted by Crippen LogP contribution is 2.32. The third-order valence-electron chi connectivity index (χ3n) is 3.46. The number of thiazole rings is 1. The van der Waals surface area contributed by atoms with E-state index in [2.05, 4.69) is 16.4 Å². The molecule has 6 heteroatoms. The molecule has 2 aromatic carbocycles. The Kier molecular flexibility index (Phi) is 5.40. The fraction of sp³-hybridized carbons (Fsp3) is 0.0526. The van der Waals surface area contributed by atoms with Crippen molar-refractivity contribution in [3.63, 3.8) is 0 Å². The van der Waals surface area contributed by atoms with E-state index in [9.17, 15) is 5.26 Å². The smallest absolute Gasteiger partial charge is 0.136 e. The van der Waals surface area contributed by atoms with E-state index in [1.165, 1.54) is 11.3 Å². The van der Waals surface area contributed by atoms with Gasteiger partial charge in [-0.05, 0) is 42.8 Å². The maximum atomic E-state index is 9.45. The molecule has 0 aliphatic heterocycles. The largest absolute Gasteiger partial charge is 0.360 e. The second-order valence-corrected chi connectivity index (χ2v) is 7.05. The van der Waals surface area contributed by atoms with Crippen LogP contribution in [0.4, 0.5) is 5.69 Å². The highest BCUT2D eigenvalue weighted by molar-refractivity contribution is 7.11. The van der Waals surface area contributed by atoms with Crippen LogP contribution in [0.2, 0.25) is 10.0 Å². The van der Waals surface area contributed by atoms with Crippen molar-refractivity contribution in [3.8, 4) is 17.3 Å². The minimum absolute atomic E-state index is 0.461. The number of allylic oxidation sites excluding steroid dienone is 1. The average Bonchev–Trinajstić information content (AvgIpc) is 3.05. The number of nitrogens with one attached hydrogen (secondary N) is 1. The Morgan fingerprint density at radius 1 is 1.24 bits per heavy atom. The van der Waals surface area contributed by atoms with Crippen LogP contribution in [0, 0.1) is 18.3 Å². The predicted octanol–water partition coefficient (Wildman–Crippen LogP) is 6.40. The first-order chi connectivity index (χ1) is 12.1. The Labute approximate surface area is 160 Å². The molecule has 0 spiro atoms. The van der Waals surface area contributed by atoms with Gasteiger partial charge in [0.15, 0.2) is 0 Å². The number of anilines is 1. The zero-order valence-corrected chi connectivity index (χ0v) is 15.6. The topological polar surface area (TPSA) is 48.7 Å². The summed E-state index contributed by atoms with van der Waals surface area (Å²) in [6.07, 6.45) is 1.67. The summed E-state index contributed by atoms with van der Waals surface area (Å²) in [5, 5.41) is 16.2. The number of rotatable bonds is 4. The Bertz CT molecular complexity index is 986. The summed E-state index contributed by atoms with van der Waals surface area (Å²) < 4.78 is 0. The molecule has 0 aliphatic carbocycles. The number of halogens is 2. The zero-order valence-electron chi connectivity index (χ0n) is 13.3. The standard InChI is InChI=1S/C19H13Cl2N3S/c1-12-3-2-4-15(7-12)23-10-13(9-22)19-24-18(11-25-19)16-6-5-14(20)8-17(16)21/h2-8,10-11,23H,1H3/b13-10-. The molecule has 0 aliphatic rings. The van der Waals surface area contributed by atoms with Gasteiger partial charge in [-0.2, -0.15) is 5.26 Å². The van der Waals surface area contributed by atoms with Gasteiger partial charge in [-0.3, -0.25) is 0 Å². The van der Waals surface area contributed by atoms with Gasteiger partial charge in [-0.1, -0.05) is 35.3 Å². The molecule has 3 rings (SSSR count). The fourth-order valence-electron chi connectivity index (χ4n) is 2.25. The second kappa shape index (κ2) is 7.71. The van der Waals surface area contributed by atoms with Crippen molar-refractivity contribution in [3.05, 3.63) is 74.7 Å². The van der Waals surface area contributed by atoms with Gasteiger partial charge >= 0.3 is 0 Å². The number of nitrogens with zero attached hydrogens (tertiary/aromatic N) is 2. The molecule has 0 bridgehead atoms. The van der Waals surface area contributed by atoms with E-state index in [0.29, 0.717) is 20.6 Å². The lowest BCUT2D eigenvalue weighted by Crippen LogP contribution is -1.91. The number of aromatic nitrogens is 1. The average molecular weight is 386 g/mol. The lowest BCUT2D eigenvalue weighted by atomic mass is 10.2. The number of hydrogen-bond donors (Lipinski definition) is 1. The van der Waals surface area contributed by atoms with Gasteiger partial charge in [0.25, 0.3) is 0 Å². The molecule has 124 valence electrons. The molecule has 1 N–H and O–H groups in total. The summed E-state index contributed by atoms with van der Waals surface area (Å²) in [7, 11) is 0. The lowest BCUT2D eigenvalue weighted by molar-refractivity contribution is 1.36. The summed E-state index contributed by atoms with van der Waals surface area (Å²) >= 11 is 13.6. The zero-order chi connectivity index (χ0) is 17.8. The lowest BCUT2D eigenvalue weighted by Gasteiger charge is -2.02. The first-order valence-electron chi connectivity index (χ1n) is 7.41. The molecule has 3 nitrogen and oxygen atoms in total. The van der Waals surface area contributed by atoms with Gasteiger partial charge in [0, 0.05) is 27.9 Å². The third-order valence-corrected chi connectivity index (χ3v) is 4.89. The van der Waals surface area contributed by atoms with Gasteiger partial charge < -0.3 is 5.32 Å². The van der Waals surface area contributed by atoms with Crippen molar-refractivity contribution in [1.29, 1.82) is 5.26 Å². The van der Waals surface area contributed by atoms with Crippen molar-refractivity contribution in [2.24, 2.45) is 0 Å². The highest BCUT2D eigenvalue weighted by Gasteiger charge is 2.11. The van der Waals surface area contributed by atoms with E-state index in [0.717, 1.165) is 22.5 Å². The summed E-state index contributed by atoms with van der Waals surface area (Å²) in [5.74, 6) is 0. The van der Waals surface area contributed by atoms with E-state index < -0.39 is 0 Å². The first-order valence-corrected chi connectivity index (χ1v) is 9.05. The molecule has 1 aromatic heterocycles. The highest BCUT2D eigenvalue weighted by atomic mass is 35.5. The van der Waals surface area contributed by atoms with Crippen LogP contribution in [0.3, 0.4) is 0 Å². The van der Waals surface area contributed by atoms with Crippen LogP contribution >= 0.6 is 34.5 Å². The SMILES string of the molecule is Cc1cccc(N/C=C(/C#N)c2nc(-c3ccc(Cl)cc3Cl)cs2)c1. The van der Waals surface area contributed by atoms with E-state index in [-0.39, 0.29) is 0 Å². The monoisotopic (exact) mass is 385 g/mol. The maximum Gasteiger partial charge on any atom is 0.136 e. The number of aryl methyl sites for hydroxylation is 1. The number of hydrogen-bond acceptors (Lipinski definition) is 4. The normalized spacial score (nSPS) is 11.2. The molecule has 25 heavy (non-hydrogen) atoms. The molecular formula is C19H13Cl2N3S. The fourth-order valence-corrected chi connectivity index (χ4v) is 3.54. The molecule has 0 radical (unpaired) electrons. The molecule has 0 saturated carbocycles. The molecule has 3 aromatic rings. The molecule has 0 atom stereocenters. The third kappa shape index (κ3) is 4.21. The van der Waals surface area contributed by atoms with Crippen LogP contribution in [0.5, 0.6) is 0 Å². The van der Waals surface area contributed by atoms with Gasteiger partial charge in [-0.15, -0.1) is 11.3 Å². The minimum Gasteiger partial charge on any atom is -0.360 e. The van der Waals surface area contributed by atoms with Crippen LogP contribution in [-0.4, -0.2) is 4.98 Å². The first kappa shape index (κ1) is 17.5. The summed E-state index contributed by atoms with van der Waals surface area (Å²) in [5.41, 5.74) is 4.04. The van der Waals surface area contributed by atoms with Crippen molar-refractivity contribution in [2.75, 3.05) is 5.32 Å². The van der Waals surface area contributed by atoms with Gasteiger partial charge in [0.05, 0.1) is 10.7 Å². The second-order valence-electron chi connectivity index (χ2n) is 5.35. The molecule has 0 saturated heterocycles. The van der Waals surface area contributed by atoms with Crippen molar-refractivity contribution >= 4 is 45.8 Å². The maximum absolute atomic E-state index is 9.45. The Morgan fingerprint density at radius 2 is 2.08 bits per heavy atom. The molecule has 0 amide bonds. The van der Waals surface area contributed by atoms with E-state index in [1.54, 1.807) is 18.3 Å². The quantitative estimate of drug-likeness (QED) is 0.528. The predicted molar refractivity (Wildman–Crippen MR) is 106 cm³/mol. The molecule has 1 heterocycles. The molecular weight excluding hydrogens is 373 g/mol. The van der Waals surface area contributed by atoms with E-state index >= 15 is 0 Å². The van der Waals surface area contributed by atoms with Crippen molar-refractivity contribution in [1.82, 2.24) is 4.98 Å². The summed E-state index contributed by atoms with van der Waals surface area (Å²) in [6, 6.07) is 15.4. The van der Waals surface area contributed by atoms with Crippen LogP contribution in [0.25, 0.3) is 16.8 Å². The van der Waals surface area contributed by atoms with Gasteiger partial charge in [-0.25, -0.2) is 4.98 Å². The number of benzene rings is 2. The van der Waals surface area contributed by atoms with E-state index in [1.807, 2.05) is 42.6 Å². The van der Waals surface area contributed by atoms with Crippen LogP contribution in [0.1, 0.15) is 10.6 Å².